The fourth-order valence-corrected chi connectivity index (χ4v) is 2.96. The van der Waals surface area contributed by atoms with Crippen molar-refractivity contribution in [2.24, 2.45) is 5.73 Å². The van der Waals surface area contributed by atoms with Gasteiger partial charge in [-0.1, -0.05) is 0 Å². The first-order valence-electron chi connectivity index (χ1n) is 5.60. The van der Waals surface area contributed by atoms with Crippen LogP contribution in [0.1, 0.15) is 11.5 Å². The Morgan fingerprint density at radius 2 is 1.80 bits per heavy atom. The summed E-state index contributed by atoms with van der Waals surface area (Å²) in [5, 5.41) is 0. The molecule has 108 valence electrons. The molecule has 0 saturated carbocycles. The summed E-state index contributed by atoms with van der Waals surface area (Å²) in [7, 11) is -4.00. The number of rotatable bonds is 4. The van der Waals surface area contributed by atoms with Crippen LogP contribution >= 0.6 is 0 Å². The van der Waals surface area contributed by atoms with Crippen LogP contribution in [0.2, 0.25) is 0 Å². The Bertz CT molecular complexity index is 721. The van der Waals surface area contributed by atoms with Gasteiger partial charge in [0.25, 0.3) is 10.0 Å². The quantitative estimate of drug-likeness (QED) is 0.906. The molecule has 1 aromatic heterocycles. The molecule has 0 radical (unpaired) electrons. The summed E-state index contributed by atoms with van der Waals surface area (Å²) in [5.74, 6) is -1.31. The second-order valence-electron chi connectivity index (χ2n) is 4.10. The lowest BCUT2D eigenvalue weighted by atomic mass is 10.3. The largest absolute Gasteiger partial charge is 0.464 e. The Kier molecular flexibility index (Phi) is 3.78. The zero-order valence-electron chi connectivity index (χ0n) is 10.5. The van der Waals surface area contributed by atoms with Crippen molar-refractivity contribution >= 4 is 15.7 Å². The van der Waals surface area contributed by atoms with E-state index >= 15 is 0 Å². The molecule has 0 aliphatic rings. The van der Waals surface area contributed by atoms with E-state index in [-0.39, 0.29) is 22.9 Å². The molecule has 1 heterocycles. The molecule has 0 spiro atoms. The van der Waals surface area contributed by atoms with Crippen LogP contribution in [0.25, 0.3) is 0 Å². The second-order valence-corrected chi connectivity index (χ2v) is 5.75. The predicted molar refractivity (Wildman–Crippen MR) is 68.5 cm³/mol. The Morgan fingerprint density at radius 3 is 2.30 bits per heavy atom. The number of anilines is 1. The highest BCUT2D eigenvalue weighted by Gasteiger charge is 2.21. The van der Waals surface area contributed by atoms with E-state index in [0.29, 0.717) is 11.8 Å². The predicted octanol–water partition coefficient (Wildman–Crippen LogP) is 2.13. The molecular formula is C12H12F2N2O3S. The normalized spacial score (nSPS) is 11.6. The summed E-state index contributed by atoms with van der Waals surface area (Å²) in [6.07, 6.45) is 0. The van der Waals surface area contributed by atoms with Gasteiger partial charge in [-0.25, -0.2) is 17.2 Å². The molecule has 0 aliphatic carbocycles. The molecule has 8 heteroatoms. The van der Waals surface area contributed by atoms with Gasteiger partial charge in [0.2, 0.25) is 0 Å². The summed E-state index contributed by atoms with van der Waals surface area (Å²) in [6.45, 7) is 1.50. The molecule has 20 heavy (non-hydrogen) atoms. The summed E-state index contributed by atoms with van der Waals surface area (Å²) < 4.78 is 57.5. The van der Waals surface area contributed by atoms with Crippen LogP contribution in [0, 0.1) is 18.6 Å². The fraction of sp³-hybridized carbons (Fsp3) is 0.167. The van der Waals surface area contributed by atoms with E-state index in [1.165, 1.54) is 13.0 Å². The summed E-state index contributed by atoms with van der Waals surface area (Å²) in [5.41, 5.74) is 5.15. The molecule has 1 aromatic carbocycles. The van der Waals surface area contributed by atoms with Gasteiger partial charge in [0, 0.05) is 12.1 Å². The molecule has 0 fully saturated rings. The van der Waals surface area contributed by atoms with E-state index in [4.69, 9.17) is 10.2 Å². The third-order valence-corrected chi connectivity index (χ3v) is 4.02. The zero-order valence-corrected chi connectivity index (χ0v) is 11.3. The van der Waals surface area contributed by atoms with Gasteiger partial charge in [0.1, 0.15) is 28.1 Å². The van der Waals surface area contributed by atoms with Gasteiger partial charge >= 0.3 is 0 Å². The van der Waals surface area contributed by atoms with Gasteiger partial charge in [-0.05, 0) is 19.1 Å². The smallest absolute Gasteiger partial charge is 0.265 e. The standard InChI is InChI=1S/C12H12F2N2O3S/c1-7-12(5-11(6-15)19-7)20(17,18)16-10-3-8(13)2-9(14)4-10/h2-5,16H,6,15H2,1H3. The average Bonchev–Trinajstić information content (AvgIpc) is 2.69. The number of hydrogen-bond acceptors (Lipinski definition) is 4. The lowest BCUT2D eigenvalue weighted by Gasteiger charge is -2.07. The molecule has 0 bridgehead atoms. The highest BCUT2D eigenvalue weighted by atomic mass is 32.2. The minimum Gasteiger partial charge on any atom is -0.464 e. The first kappa shape index (κ1) is 14.5. The number of sulfonamides is 1. The van der Waals surface area contributed by atoms with Crippen molar-refractivity contribution < 1.29 is 21.6 Å². The third-order valence-electron chi connectivity index (χ3n) is 2.53. The van der Waals surface area contributed by atoms with Gasteiger partial charge in [0.15, 0.2) is 0 Å². The minimum atomic E-state index is -4.00. The van der Waals surface area contributed by atoms with Crippen molar-refractivity contribution in [2.75, 3.05) is 4.72 Å². The Balaban J connectivity index is 2.37. The number of hydrogen-bond donors (Lipinski definition) is 2. The Labute approximate surface area is 114 Å². The van der Waals surface area contributed by atoms with Crippen molar-refractivity contribution in [1.82, 2.24) is 0 Å². The maximum absolute atomic E-state index is 13.0. The van der Waals surface area contributed by atoms with E-state index in [2.05, 4.69) is 4.72 Å². The number of halogens is 2. The Hall–Kier alpha value is -1.93. The van der Waals surface area contributed by atoms with Gasteiger partial charge in [-0.3, -0.25) is 4.72 Å². The molecule has 0 unspecified atom stereocenters. The number of nitrogens with two attached hydrogens (primary N) is 1. The molecule has 0 aliphatic heterocycles. The van der Waals surface area contributed by atoms with Crippen LogP contribution in [0.3, 0.4) is 0 Å². The van der Waals surface area contributed by atoms with Crippen molar-refractivity contribution in [1.29, 1.82) is 0 Å². The summed E-state index contributed by atoms with van der Waals surface area (Å²) >= 11 is 0. The van der Waals surface area contributed by atoms with E-state index in [9.17, 15) is 17.2 Å². The second kappa shape index (κ2) is 5.22. The maximum Gasteiger partial charge on any atom is 0.265 e. The highest BCUT2D eigenvalue weighted by Crippen LogP contribution is 2.23. The Morgan fingerprint density at radius 1 is 1.20 bits per heavy atom. The SMILES string of the molecule is Cc1oc(CN)cc1S(=O)(=O)Nc1cc(F)cc(F)c1. The van der Waals surface area contributed by atoms with Crippen molar-refractivity contribution in [3.8, 4) is 0 Å². The number of nitrogens with one attached hydrogen (secondary N) is 1. The molecular weight excluding hydrogens is 290 g/mol. The first-order chi connectivity index (χ1) is 9.31. The van der Waals surface area contributed by atoms with Crippen molar-refractivity contribution in [3.05, 3.63) is 47.4 Å². The fourth-order valence-electron chi connectivity index (χ4n) is 1.71. The number of furan rings is 1. The van der Waals surface area contributed by atoms with Crippen LogP contribution in [0.5, 0.6) is 0 Å². The molecule has 2 rings (SSSR count). The van der Waals surface area contributed by atoms with Gasteiger partial charge in [0.05, 0.1) is 12.2 Å². The molecule has 0 saturated heterocycles. The van der Waals surface area contributed by atoms with Gasteiger partial charge in [-0.15, -0.1) is 0 Å². The van der Waals surface area contributed by atoms with Crippen molar-refractivity contribution in [3.63, 3.8) is 0 Å². The molecule has 3 N–H and O–H groups in total. The summed E-state index contributed by atoms with van der Waals surface area (Å²) in [6, 6.07) is 3.67. The molecule has 0 amide bonds. The zero-order chi connectivity index (χ0) is 14.9. The van der Waals surface area contributed by atoms with E-state index in [0.717, 1.165) is 12.1 Å². The third kappa shape index (κ3) is 2.97. The lowest BCUT2D eigenvalue weighted by Crippen LogP contribution is -2.13. The number of benzene rings is 1. The molecule has 5 nitrogen and oxygen atoms in total. The van der Waals surface area contributed by atoms with Crippen LogP contribution in [-0.4, -0.2) is 8.42 Å². The highest BCUT2D eigenvalue weighted by molar-refractivity contribution is 7.92. The van der Waals surface area contributed by atoms with Crippen LogP contribution in [0.15, 0.2) is 33.6 Å². The maximum atomic E-state index is 13.0. The van der Waals surface area contributed by atoms with Crippen LogP contribution < -0.4 is 10.5 Å². The topological polar surface area (TPSA) is 85.3 Å². The average molecular weight is 302 g/mol. The monoisotopic (exact) mass is 302 g/mol. The minimum absolute atomic E-state index is 0.0466. The van der Waals surface area contributed by atoms with E-state index in [1.54, 1.807) is 0 Å². The van der Waals surface area contributed by atoms with Gasteiger partial charge in [-0.2, -0.15) is 0 Å². The van der Waals surface area contributed by atoms with Gasteiger partial charge < -0.3 is 10.2 Å². The van der Waals surface area contributed by atoms with Crippen LogP contribution in [-0.2, 0) is 16.6 Å². The summed E-state index contributed by atoms with van der Waals surface area (Å²) in [4.78, 5) is -0.123. The molecule has 0 atom stereocenters. The molecule has 2 aromatic rings. The number of aryl methyl sites for hydroxylation is 1. The van der Waals surface area contributed by atoms with E-state index < -0.39 is 21.7 Å². The van der Waals surface area contributed by atoms with Crippen molar-refractivity contribution in [2.45, 2.75) is 18.4 Å². The lowest BCUT2D eigenvalue weighted by molar-refractivity contribution is 0.479. The first-order valence-corrected chi connectivity index (χ1v) is 7.08. The van der Waals surface area contributed by atoms with Crippen LogP contribution in [0.4, 0.5) is 14.5 Å². The van der Waals surface area contributed by atoms with E-state index in [1.807, 2.05) is 0 Å².